The van der Waals surface area contributed by atoms with E-state index in [1.807, 2.05) is 56.3 Å². The van der Waals surface area contributed by atoms with Gasteiger partial charge >= 0.3 is 0 Å². The van der Waals surface area contributed by atoms with Crippen LogP contribution in [0, 0.1) is 5.92 Å². The van der Waals surface area contributed by atoms with E-state index in [0.29, 0.717) is 38.3 Å². The van der Waals surface area contributed by atoms with Crippen molar-refractivity contribution in [1.82, 2.24) is 10.2 Å². The number of fused-ring (bicyclic) bond motifs is 1. The first-order valence-electron chi connectivity index (χ1n) is 10.4. The highest BCUT2D eigenvalue weighted by Gasteiger charge is 2.34. The van der Waals surface area contributed by atoms with Crippen LogP contribution < -0.4 is 14.8 Å². The molecule has 2 amide bonds. The van der Waals surface area contributed by atoms with Crippen molar-refractivity contribution in [3.8, 4) is 11.5 Å². The lowest BCUT2D eigenvalue weighted by Gasteiger charge is -2.36. The lowest BCUT2D eigenvalue weighted by atomic mass is 9.92. The Morgan fingerprint density at radius 2 is 1.83 bits per heavy atom. The summed E-state index contributed by atoms with van der Waals surface area (Å²) in [6.45, 7) is 5.20. The molecule has 6 nitrogen and oxygen atoms in total. The molecule has 30 heavy (non-hydrogen) atoms. The Morgan fingerprint density at radius 1 is 1.10 bits per heavy atom. The minimum Gasteiger partial charge on any atom is -0.497 e. The number of nitrogens with zero attached hydrogens (tertiary/aromatic N) is 1. The van der Waals surface area contributed by atoms with Crippen molar-refractivity contribution in [2.75, 3.05) is 20.3 Å². The molecular formula is C24H30N2O4. The van der Waals surface area contributed by atoms with Gasteiger partial charge < -0.3 is 19.7 Å². The van der Waals surface area contributed by atoms with Gasteiger partial charge in [-0.1, -0.05) is 44.2 Å². The van der Waals surface area contributed by atoms with Crippen molar-refractivity contribution in [3.05, 3.63) is 59.7 Å². The SMILES string of the molecule is COc1cccc(OCCNC(=O)C2Cc3ccccc3CN2C(=O)CC(C)C)c1. The van der Waals surface area contributed by atoms with E-state index in [1.165, 1.54) is 0 Å². The molecule has 1 heterocycles. The molecule has 160 valence electrons. The summed E-state index contributed by atoms with van der Waals surface area (Å²) < 4.78 is 10.9. The number of carbonyl (C=O) groups is 2. The first-order valence-corrected chi connectivity index (χ1v) is 10.4. The molecule has 1 N–H and O–H groups in total. The van der Waals surface area contributed by atoms with Gasteiger partial charge in [0, 0.05) is 25.5 Å². The van der Waals surface area contributed by atoms with E-state index in [1.54, 1.807) is 18.1 Å². The van der Waals surface area contributed by atoms with Crippen LogP contribution in [0.25, 0.3) is 0 Å². The molecule has 0 aliphatic carbocycles. The molecule has 2 aromatic rings. The number of benzene rings is 2. The van der Waals surface area contributed by atoms with Gasteiger partial charge in [-0.3, -0.25) is 9.59 Å². The van der Waals surface area contributed by atoms with Gasteiger partial charge in [-0.05, 0) is 29.2 Å². The van der Waals surface area contributed by atoms with Crippen LogP contribution in [0.4, 0.5) is 0 Å². The van der Waals surface area contributed by atoms with Gasteiger partial charge in [0.2, 0.25) is 11.8 Å². The molecule has 0 radical (unpaired) electrons. The maximum atomic E-state index is 12.9. The molecule has 1 aliphatic heterocycles. The van der Waals surface area contributed by atoms with Crippen LogP contribution in [0.15, 0.2) is 48.5 Å². The summed E-state index contributed by atoms with van der Waals surface area (Å²) in [7, 11) is 1.61. The number of rotatable bonds is 8. The molecule has 0 spiro atoms. The minimum absolute atomic E-state index is 0.0206. The highest BCUT2D eigenvalue weighted by molar-refractivity contribution is 5.88. The van der Waals surface area contributed by atoms with E-state index >= 15 is 0 Å². The van der Waals surface area contributed by atoms with Crippen LogP contribution in [0.2, 0.25) is 0 Å². The lowest BCUT2D eigenvalue weighted by molar-refractivity contribution is -0.142. The second-order valence-corrected chi connectivity index (χ2v) is 7.93. The topological polar surface area (TPSA) is 67.9 Å². The van der Waals surface area contributed by atoms with Crippen molar-refractivity contribution in [2.24, 2.45) is 5.92 Å². The van der Waals surface area contributed by atoms with Gasteiger partial charge in [0.15, 0.2) is 0 Å². The second-order valence-electron chi connectivity index (χ2n) is 7.93. The van der Waals surface area contributed by atoms with Crippen molar-refractivity contribution in [2.45, 2.75) is 39.3 Å². The Labute approximate surface area is 178 Å². The molecule has 0 saturated heterocycles. The number of amides is 2. The zero-order valence-electron chi connectivity index (χ0n) is 17.9. The fraction of sp³-hybridized carbons (Fsp3) is 0.417. The zero-order chi connectivity index (χ0) is 21.5. The van der Waals surface area contributed by atoms with Crippen molar-refractivity contribution >= 4 is 11.8 Å². The fourth-order valence-corrected chi connectivity index (χ4v) is 3.64. The number of carbonyl (C=O) groups excluding carboxylic acids is 2. The van der Waals surface area contributed by atoms with Crippen molar-refractivity contribution in [3.63, 3.8) is 0 Å². The Bertz CT molecular complexity index is 881. The van der Waals surface area contributed by atoms with Crippen LogP contribution in [-0.4, -0.2) is 43.0 Å². The molecule has 2 aromatic carbocycles. The maximum absolute atomic E-state index is 12.9. The third-order valence-electron chi connectivity index (χ3n) is 5.17. The fourth-order valence-electron chi connectivity index (χ4n) is 3.64. The molecule has 1 unspecified atom stereocenters. The molecule has 1 aliphatic rings. The average Bonchev–Trinajstić information content (AvgIpc) is 2.75. The third kappa shape index (κ3) is 5.53. The Hall–Kier alpha value is -3.02. The molecule has 0 aromatic heterocycles. The van der Waals surface area contributed by atoms with Crippen LogP contribution >= 0.6 is 0 Å². The smallest absolute Gasteiger partial charge is 0.243 e. The van der Waals surface area contributed by atoms with E-state index in [0.717, 1.165) is 16.9 Å². The van der Waals surface area contributed by atoms with Crippen LogP contribution in [0.1, 0.15) is 31.4 Å². The van der Waals surface area contributed by atoms with Crippen LogP contribution in [0.5, 0.6) is 11.5 Å². The Morgan fingerprint density at radius 3 is 2.57 bits per heavy atom. The molecular weight excluding hydrogens is 380 g/mol. The van der Waals surface area contributed by atoms with Gasteiger partial charge in [-0.25, -0.2) is 0 Å². The quantitative estimate of drug-likeness (QED) is 0.679. The highest BCUT2D eigenvalue weighted by atomic mass is 16.5. The molecule has 3 rings (SSSR count). The van der Waals surface area contributed by atoms with Gasteiger partial charge in [-0.2, -0.15) is 0 Å². The summed E-state index contributed by atoms with van der Waals surface area (Å²) in [5.74, 6) is 1.53. The third-order valence-corrected chi connectivity index (χ3v) is 5.17. The predicted molar refractivity (Wildman–Crippen MR) is 115 cm³/mol. The van der Waals surface area contributed by atoms with Gasteiger partial charge in [0.1, 0.15) is 24.1 Å². The first-order chi connectivity index (χ1) is 14.5. The largest absolute Gasteiger partial charge is 0.497 e. The van der Waals surface area contributed by atoms with E-state index in [9.17, 15) is 9.59 Å². The van der Waals surface area contributed by atoms with E-state index in [4.69, 9.17) is 9.47 Å². The highest BCUT2D eigenvalue weighted by Crippen LogP contribution is 2.25. The summed E-state index contributed by atoms with van der Waals surface area (Å²) in [5, 5.41) is 2.93. The molecule has 0 bridgehead atoms. The number of hydrogen-bond acceptors (Lipinski definition) is 4. The molecule has 1 atom stereocenters. The summed E-state index contributed by atoms with van der Waals surface area (Å²) in [6.07, 6.45) is 0.966. The number of methoxy groups -OCH3 is 1. The summed E-state index contributed by atoms with van der Waals surface area (Å²) in [6, 6.07) is 14.8. The van der Waals surface area contributed by atoms with E-state index < -0.39 is 6.04 Å². The molecule has 6 heteroatoms. The predicted octanol–water partition coefficient (Wildman–Crippen LogP) is 3.19. The summed E-state index contributed by atoms with van der Waals surface area (Å²) >= 11 is 0. The van der Waals surface area contributed by atoms with Gasteiger partial charge in [0.25, 0.3) is 0 Å². The molecule has 0 saturated carbocycles. The monoisotopic (exact) mass is 410 g/mol. The lowest BCUT2D eigenvalue weighted by Crippen LogP contribution is -2.53. The maximum Gasteiger partial charge on any atom is 0.243 e. The van der Waals surface area contributed by atoms with E-state index in [2.05, 4.69) is 5.32 Å². The Balaban J connectivity index is 1.60. The zero-order valence-corrected chi connectivity index (χ0v) is 17.9. The second kappa shape index (κ2) is 10.1. The van der Waals surface area contributed by atoms with Crippen LogP contribution in [-0.2, 0) is 22.6 Å². The normalized spacial score (nSPS) is 15.5. The van der Waals surface area contributed by atoms with Crippen molar-refractivity contribution < 1.29 is 19.1 Å². The van der Waals surface area contributed by atoms with Crippen LogP contribution in [0.3, 0.4) is 0 Å². The average molecular weight is 411 g/mol. The van der Waals surface area contributed by atoms with E-state index in [-0.39, 0.29) is 17.7 Å². The minimum atomic E-state index is -0.497. The Kier molecular flexibility index (Phi) is 7.33. The summed E-state index contributed by atoms with van der Waals surface area (Å²) in [5.41, 5.74) is 2.24. The first kappa shape index (κ1) is 21.7. The summed E-state index contributed by atoms with van der Waals surface area (Å²) in [4.78, 5) is 27.5. The number of nitrogens with one attached hydrogen (secondary N) is 1. The molecule has 0 fully saturated rings. The standard InChI is InChI=1S/C24H30N2O4/c1-17(2)13-23(27)26-16-19-8-5-4-7-18(19)14-22(26)24(28)25-11-12-30-21-10-6-9-20(15-21)29-3/h4-10,15,17,22H,11-14,16H2,1-3H3,(H,25,28). The van der Waals surface area contributed by atoms with Gasteiger partial charge in [0.05, 0.1) is 13.7 Å². The van der Waals surface area contributed by atoms with Crippen molar-refractivity contribution in [1.29, 1.82) is 0 Å². The number of ether oxygens (including phenoxy) is 2. The number of hydrogen-bond donors (Lipinski definition) is 1. The van der Waals surface area contributed by atoms with Gasteiger partial charge in [-0.15, -0.1) is 0 Å².